The second-order valence-electron chi connectivity index (χ2n) is 7.57. The van der Waals surface area contributed by atoms with Crippen molar-refractivity contribution in [3.8, 4) is 0 Å². The molecule has 1 aliphatic rings. The number of nitrogens with zero attached hydrogens (tertiary/aromatic N) is 2. The average molecular weight is 396 g/mol. The summed E-state index contributed by atoms with van der Waals surface area (Å²) in [7, 11) is 3.89. The van der Waals surface area contributed by atoms with E-state index in [2.05, 4.69) is 0 Å². The molecule has 0 aromatic heterocycles. The van der Waals surface area contributed by atoms with Crippen LogP contribution in [0.5, 0.6) is 0 Å². The predicted molar refractivity (Wildman–Crippen MR) is 110 cm³/mol. The smallest absolute Gasteiger partial charge is 0.295 e. The lowest BCUT2D eigenvalue weighted by Gasteiger charge is -2.26. The Kier molecular flexibility index (Phi) is 6.13. The molecule has 0 saturated carbocycles. The molecule has 0 radical (unpaired) electrons. The van der Waals surface area contributed by atoms with Crippen molar-refractivity contribution in [2.24, 2.45) is 0 Å². The summed E-state index contributed by atoms with van der Waals surface area (Å²) in [5, 5.41) is 10.9. The highest BCUT2D eigenvalue weighted by atomic mass is 19.1. The predicted octanol–water partition coefficient (Wildman–Crippen LogP) is 3.51. The van der Waals surface area contributed by atoms with Crippen LogP contribution in [0.1, 0.15) is 29.2 Å². The Labute approximate surface area is 170 Å². The van der Waals surface area contributed by atoms with Crippen molar-refractivity contribution in [3.05, 3.63) is 76.6 Å². The van der Waals surface area contributed by atoms with E-state index < -0.39 is 23.5 Å². The lowest BCUT2D eigenvalue weighted by molar-refractivity contribution is -0.139. The monoisotopic (exact) mass is 396 g/mol. The minimum absolute atomic E-state index is 0.0389. The third-order valence-corrected chi connectivity index (χ3v) is 5.02. The zero-order chi connectivity index (χ0) is 21.1. The third-order valence-electron chi connectivity index (χ3n) is 5.02. The van der Waals surface area contributed by atoms with Gasteiger partial charge in [0.15, 0.2) is 0 Å². The second kappa shape index (κ2) is 8.57. The first-order valence-electron chi connectivity index (χ1n) is 9.55. The van der Waals surface area contributed by atoms with Crippen LogP contribution in [0.4, 0.5) is 4.39 Å². The van der Waals surface area contributed by atoms with Gasteiger partial charge >= 0.3 is 0 Å². The largest absolute Gasteiger partial charge is 0.507 e. The number of aliphatic hydroxyl groups excluding tert-OH is 1. The van der Waals surface area contributed by atoms with Gasteiger partial charge in [-0.25, -0.2) is 4.39 Å². The van der Waals surface area contributed by atoms with E-state index in [-0.39, 0.29) is 11.3 Å². The summed E-state index contributed by atoms with van der Waals surface area (Å²) in [6, 6.07) is 12.1. The number of benzene rings is 2. The molecule has 29 heavy (non-hydrogen) atoms. The zero-order valence-electron chi connectivity index (χ0n) is 16.9. The molecule has 0 spiro atoms. The minimum Gasteiger partial charge on any atom is -0.507 e. The van der Waals surface area contributed by atoms with Crippen LogP contribution in [-0.2, 0) is 9.59 Å². The van der Waals surface area contributed by atoms with E-state index in [1.165, 1.54) is 29.2 Å². The van der Waals surface area contributed by atoms with Gasteiger partial charge < -0.3 is 14.9 Å². The first-order valence-corrected chi connectivity index (χ1v) is 9.55. The lowest BCUT2D eigenvalue weighted by Crippen LogP contribution is -2.32. The van der Waals surface area contributed by atoms with Crippen molar-refractivity contribution in [2.75, 3.05) is 27.2 Å². The van der Waals surface area contributed by atoms with E-state index in [4.69, 9.17) is 0 Å². The molecule has 1 unspecified atom stereocenters. The van der Waals surface area contributed by atoms with Crippen molar-refractivity contribution < 1.29 is 19.1 Å². The minimum atomic E-state index is -0.719. The first kappa shape index (κ1) is 20.7. The van der Waals surface area contributed by atoms with Gasteiger partial charge in [0.25, 0.3) is 11.7 Å². The molecule has 1 amide bonds. The number of amides is 1. The molecule has 5 nitrogen and oxygen atoms in total. The van der Waals surface area contributed by atoms with Gasteiger partial charge in [-0.3, -0.25) is 9.59 Å². The van der Waals surface area contributed by atoms with Crippen LogP contribution in [0.3, 0.4) is 0 Å². The fourth-order valence-electron chi connectivity index (χ4n) is 3.62. The number of likely N-dealkylation sites (tertiary alicyclic amines) is 1. The Morgan fingerprint density at radius 2 is 1.83 bits per heavy atom. The topological polar surface area (TPSA) is 60.9 Å². The Hall–Kier alpha value is -2.99. The van der Waals surface area contributed by atoms with Crippen LogP contribution in [0.2, 0.25) is 0 Å². The molecule has 1 fully saturated rings. The molecule has 1 saturated heterocycles. The van der Waals surface area contributed by atoms with Crippen molar-refractivity contribution in [2.45, 2.75) is 19.4 Å². The zero-order valence-corrected chi connectivity index (χ0v) is 16.9. The van der Waals surface area contributed by atoms with E-state index >= 15 is 0 Å². The summed E-state index contributed by atoms with van der Waals surface area (Å²) in [6.45, 7) is 3.09. The number of carbonyl (C=O) groups excluding carboxylic acids is 2. The van der Waals surface area contributed by atoms with Crippen LogP contribution in [0.25, 0.3) is 5.76 Å². The van der Waals surface area contributed by atoms with Gasteiger partial charge in [-0.2, -0.15) is 0 Å². The molecule has 2 aromatic rings. The average Bonchev–Trinajstić information content (AvgIpc) is 2.93. The number of halogens is 1. The number of hydrogen-bond acceptors (Lipinski definition) is 4. The van der Waals surface area contributed by atoms with E-state index in [1.807, 2.05) is 50.2 Å². The maximum atomic E-state index is 13.3. The molecule has 1 atom stereocenters. The van der Waals surface area contributed by atoms with Gasteiger partial charge in [0.05, 0.1) is 11.6 Å². The van der Waals surface area contributed by atoms with Gasteiger partial charge in [-0.1, -0.05) is 29.8 Å². The fourth-order valence-corrected chi connectivity index (χ4v) is 3.62. The van der Waals surface area contributed by atoms with Crippen molar-refractivity contribution in [1.82, 2.24) is 9.80 Å². The maximum absolute atomic E-state index is 13.3. The number of rotatable bonds is 6. The first-order chi connectivity index (χ1) is 13.8. The Bertz CT molecular complexity index is 951. The van der Waals surface area contributed by atoms with Crippen LogP contribution >= 0.6 is 0 Å². The van der Waals surface area contributed by atoms with Gasteiger partial charge in [0, 0.05) is 12.1 Å². The normalized spacial score (nSPS) is 18.7. The van der Waals surface area contributed by atoms with Crippen LogP contribution in [-0.4, -0.2) is 53.8 Å². The van der Waals surface area contributed by atoms with E-state index in [1.54, 1.807) is 0 Å². The summed E-state index contributed by atoms with van der Waals surface area (Å²) in [5.41, 5.74) is 2.09. The summed E-state index contributed by atoms with van der Waals surface area (Å²) in [5.74, 6) is -2.08. The lowest BCUT2D eigenvalue weighted by atomic mass is 9.94. The highest BCUT2D eigenvalue weighted by molar-refractivity contribution is 6.46. The Balaban J connectivity index is 2.09. The summed E-state index contributed by atoms with van der Waals surface area (Å²) in [4.78, 5) is 29.2. The summed E-state index contributed by atoms with van der Waals surface area (Å²) in [6.07, 6.45) is 0.693. The van der Waals surface area contributed by atoms with E-state index in [9.17, 15) is 19.1 Å². The van der Waals surface area contributed by atoms with Crippen LogP contribution in [0.15, 0.2) is 54.1 Å². The number of aryl methyl sites for hydroxylation is 1. The quantitative estimate of drug-likeness (QED) is 0.461. The van der Waals surface area contributed by atoms with Crippen LogP contribution < -0.4 is 0 Å². The van der Waals surface area contributed by atoms with Crippen molar-refractivity contribution >= 4 is 17.4 Å². The molecule has 0 aliphatic carbocycles. The third kappa shape index (κ3) is 4.38. The highest BCUT2D eigenvalue weighted by Gasteiger charge is 2.45. The highest BCUT2D eigenvalue weighted by Crippen LogP contribution is 2.39. The number of carbonyl (C=O) groups is 2. The van der Waals surface area contributed by atoms with Gasteiger partial charge in [0.2, 0.25) is 0 Å². The molecule has 0 bridgehead atoms. The number of Topliss-reactive ketones (excluding diaryl/α,β-unsaturated/α-hetero) is 1. The summed E-state index contributed by atoms with van der Waals surface area (Å²) >= 11 is 0. The number of aliphatic hydroxyl groups is 1. The van der Waals surface area contributed by atoms with Crippen molar-refractivity contribution in [1.29, 1.82) is 0 Å². The summed E-state index contributed by atoms with van der Waals surface area (Å²) < 4.78 is 13.3. The van der Waals surface area contributed by atoms with Gasteiger partial charge in [-0.05, 0) is 63.8 Å². The number of ketones is 1. The Morgan fingerprint density at radius 1 is 1.14 bits per heavy atom. The Morgan fingerprint density at radius 3 is 2.45 bits per heavy atom. The van der Waals surface area contributed by atoms with E-state index in [0.717, 1.165) is 17.7 Å². The molecular formula is C23H25FN2O3. The number of hydrogen-bond donors (Lipinski definition) is 1. The molecule has 152 valence electrons. The molecule has 6 heteroatoms. The van der Waals surface area contributed by atoms with Crippen molar-refractivity contribution in [3.63, 3.8) is 0 Å². The molecule has 3 rings (SSSR count). The van der Waals surface area contributed by atoms with Crippen LogP contribution in [0, 0.1) is 12.7 Å². The molecular weight excluding hydrogens is 371 g/mol. The second-order valence-corrected chi connectivity index (χ2v) is 7.57. The van der Waals surface area contributed by atoms with E-state index in [0.29, 0.717) is 18.5 Å². The molecule has 1 aliphatic heterocycles. The van der Waals surface area contributed by atoms with Gasteiger partial charge in [0.1, 0.15) is 11.6 Å². The molecule has 1 heterocycles. The SMILES string of the molecule is Cc1cccc(C2/C(=C(/O)c3ccc(F)cc3)C(=O)C(=O)N2CCCN(C)C)c1. The standard InChI is InChI=1S/C23H25FN2O3/c1-15-6-4-7-17(14-15)20-19(21(27)16-8-10-18(24)11-9-16)22(28)23(29)26(20)13-5-12-25(2)3/h4,6-11,14,20,27H,5,12-13H2,1-3H3/b21-19-. The molecule has 1 N–H and O–H groups in total. The fraction of sp³-hybridized carbons (Fsp3) is 0.304. The molecule has 2 aromatic carbocycles. The maximum Gasteiger partial charge on any atom is 0.295 e. The van der Waals surface area contributed by atoms with Gasteiger partial charge in [-0.15, -0.1) is 0 Å².